The summed E-state index contributed by atoms with van der Waals surface area (Å²) in [5.74, 6) is 0.455. The second kappa shape index (κ2) is 5.96. The lowest BCUT2D eigenvalue weighted by Gasteiger charge is -2.31. The molecule has 20 heavy (non-hydrogen) atoms. The third kappa shape index (κ3) is 3.04. The summed E-state index contributed by atoms with van der Waals surface area (Å²) < 4.78 is 0. The van der Waals surface area contributed by atoms with Crippen molar-refractivity contribution in [2.75, 3.05) is 6.54 Å². The molecule has 1 heterocycles. The zero-order chi connectivity index (χ0) is 14.9. The van der Waals surface area contributed by atoms with Crippen LogP contribution in [0.15, 0.2) is 18.2 Å². The van der Waals surface area contributed by atoms with Gasteiger partial charge in [-0.25, -0.2) is 0 Å². The molecule has 1 aliphatic heterocycles. The normalized spacial score (nSPS) is 16.4. The summed E-state index contributed by atoms with van der Waals surface area (Å²) in [5, 5.41) is 10.2. The van der Waals surface area contributed by atoms with Gasteiger partial charge in [-0.1, -0.05) is 45.9 Å². The molecule has 0 bridgehead atoms. The highest BCUT2D eigenvalue weighted by molar-refractivity contribution is 5.78. The summed E-state index contributed by atoms with van der Waals surface area (Å²) in [6, 6.07) is 6.19. The first-order valence-electron chi connectivity index (χ1n) is 7.48. The Labute approximate surface area is 121 Å². The number of aliphatic hydroxyl groups is 1. The first-order chi connectivity index (χ1) is 9.40. The average molecular weight is 275 g/mol. The fraction of sp³-hybridized carbons (Fsp3) is 0.588. The molecule has 0 spiro atoms. The molecule has 3 nitrogen and oxygen atoms in total. The number of amides is 1. The maximum absolute atomic E-state index is 12.1. The molecule has 0 saturated heterocycles. The number of hydrogen-bond acceptors (Lipinski definition) is 2. The van der Waals surface area contributed by atoms with E-state index in [1.54, 1.807) is 0 Å². The summed E-state index contributed by atoms with van der Waals surface area (Å²) in [6.45, 7) is 9.38. The molecular weight excluding hydrogens is 250 g/mol. The van der Waals surface area contributed by atoms with Crippen LogP contribution in [0.1, 0.15) is 50.5 Å². The van der Waals surface area contributed by atoms with E-state index < -0.39 is 6.10 Å². The Bertz CT molecular complexity index is 494. The van der Waals surface area contributed by atoms with E-state index >= 15 is 0 Å². The molecule has 1 unspecified atom stereocenters. The van der Waals surface area contributed by atoms with Crippen LogP contribution < -0.4 is 0 Å². The number of carbonyl (C=O) groups excluding carboxylic acids is 1. The van der Waals surface area contributed by atoms with E-state index in [0.717, 1.165) is 18.5 Å². The van der Waals surface area contributed by atoms with Crippen LogP contribution in [-0.4, -0.2) is 22.5 Å². The third-order valence-electron chi connectivity index (χ3n) is 4.02. The zero-order valence-electron chi connectivity index (χ0n) is 12.9. The van der Waals surface area contributed by atoms with Crippen LogP contribution in [0.25, 0.3) is 0 Å². The summed E-state index contributed by atoms with van der Waals surface area (Å²) >= 11 is 0. The average Bonchev–Trinajstić information content (AvgIpc) is 2.44. The van der Waals surface area contributed by atoms with Crippen LogP contribution in [0, 0.1) is 11.8 Å². The van der Waals surface area contributed by atoms with Gasteiger partial charge in [-0.2, -0.15) is 0 Å². The van der Waals surface area contributed by atoms with Crippen molar-refractivity contribution in [3.8, 4) is 0 Å². The highest BCUT2D eigenvalue weighted by Gasteiger charge is 2.23. The van der Waals surface area contributed by atoms with Crippen LogP contribution >= 0.6 is 0 Å². The van der Waals surface area contributed by atoms with Gasteiger partial charge in [0.05, 0.1) is 6.10 Å². The maximum Gasteiger partial charge on any atom is 0.225 e. The second-order valence-electron chi connectivity index (χ2n) is 6.38. The number of fused-ring (bicyclic) bond motifs is 1. The molecule has 0 aliphatic carbocycles. The van der Waals surface area contributed by atoms with Crippen molar-refractivity contribution < 1.29 is 9.90 Å². The minimum Gasteiger partial charge on any atom is -0.388 e. The van der Waals surface area contributed by atoms with Crippen molar-refractivity contribution >= 4 is 5.91 Å². The summed E-state index contributed by atoms with van der Waals surface area (Å²) in [4.78, 5) is 14.0. The highest BCUT2D eigenvalue weighted by atomic mass is 16.3. The quantitative estimate of drug-likeness (QED) is 0.921. The number of nitrogens with zero attached hydrogens (tertiary/aromatic N) is 1. The minimum absolute atomic E-state index is 0.0426. The Balaban J connectivity index is 2.22. The van der Waals surface area contributed by atoms with Gasteiger partial charge in [0.15, 0.2) is 0 Å². The molecular formula is C17H25NO2. The van der Waals surface area contributed by atoms with Crippen LogP contribution in [0.5, 0.6) is 0 Å². The molecule has 0 fully saturated rings. The summed E-state index contributed by atoms with van der Waals surface area (Å²) in [6.07, 6.45) is 0.475. The number of carbonyl (C=O) groups is 1. The predicted molar refractivity (Wildman–Crippen MR) is 80.2 cm³/mol. The molecule has 1 N–H and O–H groups in total. The van der Waals surface area contributed by atoms with Crippen LogP contribution in [0.2, 0.25) is 0 Å². The number of aliphatic hydroxyl groups excluding tert-OH is 1. The van der Waals surface area contributed by atoms with Gasteiger partial charge in [0, 0.05) is 19.0 Å². The topological polar surface area (TPSA) is 40.5 Å². The Kier molecular flexibility index (Phi) is 4.48. The van der Waals surface area contributed by atoms with Crippen molar-refractivity contribution in [2.24, 2.45) is 11.8 Å². The van der Waals surface area contributed by atoms with E-state index in [2.05, 4.69) is 12.1 Å². The van der Waals surface area contributed by atoms with Crippen molar-refractivity contribution in [3.63, 3.8) is 0 Å². The first kappa shape index (κ1) is 15.0. The molecule has 1 atom stereocenters. The lowest BCUT2D eigenvalue weighted by Crippen LogP contribution is -2.38. The standard InChI is InChI=1S/C17H25NO2/c1-11(2)16(19)14-6-5-13-7-8-18(10-15(13)9-14)17(20)12(3)4/h5-6,9,11-12,16,19H,7-8,10H2,1-4H3. The van der Waals surface area contributed by atoms with Crippen LogP contribution in [0.4, 0.5) is 0 Å². The lowest BCUT2D eigenvalue weighted by atomic mass is 9.92. The molecule has 0 saturated carbocycles. The van der Waals surface area contributed by atoms with Crippen molar-refractivity contribution in [3.05, 3.63) is 34.9 Å². The van der Waals surface area contributed by atoms with E-state index in [-0.39, 0.29) is 17.7 Å². The van der Waals surface area contributed by atoms with E-state index in [1.807, 2.05) is 38.7 Å². The molecule has 1 aromatic carbocycles. The first-order valence-corrected chi connectivity index (χ1v) is 7.48. The van der Waals surface area contributed by atoms with E-state index in [9.17, 15) is 9.90 Å². The highest BCUT2D eigenvalue weighted by Crippen LogP contribution is 2.27. The van der Waals surface area contributed by atoms with Gasteiger partial charge >= 0.3 is 0 Å². The largest absolute Gasteiger partial charge is 0.388 e. The van der Waals surface area contributed by atoms with E-state index in [0.29, 0.717) is 6.54 Å². The third-order valence-corrected chi connectivity index (χ3v) is 4.02. The fourth-order valence-corrected chi connectivity index (χ4v) is 2.70. The van der Waals surface area contributed by atoms with E-state index in [1.165, 1.54) is 11.1 Å². The van der Waals surface area contributed by atoms with Gasteiger partial charge in [-0.3, -0.25) is 4.79 Å². The molecule has 110 valence electrons. The molecule has 1 amide bonds. The smallest absolute Gasteiger partial charge is 0.225 e. The minimum atomic E-state index is -0.434. The number of rotatable bonds is 3. The van der Waals surface area contributed by atoms with Crippen molar-refractivity contribution in [1.29, 1.82) is 0 Å². The SMILES string of the molecule is CC(C)C(=O)N1CCc2ccc(C(O)C(C)C)cc2C1. The van der Waals surface area contributed by atoms with Gasteiger partial charge < -0.3 is 10.0 Å². The molecule has 1 aromatic rings. The molecule has 0 radical (unpaired) electrons. The Morgan fingerprint density at radius 3 is 2.50 bits per heavy atom. The monoisotopic (exact) mass is 275 g/mol. The Morgan fingerprint density at radius 1 is 1.20 bits per heavy atom. The number of benzene rings is 1. The lowest BCUT2D eigenvalue weighted by molar-refractivity contribution is -0.135. The van der Waals surface area contributed by atoms with Gasteiger partial charge in [0.2, 0.25) is 5.91 Å². The van der Waals surface area contributed by atoms with Gasteiger partial charge in [-0.15, -0.1) is 0 Å². The Morgan fingerprint density at radius 2 is 1.90 bits per heavy atom. The summed E-state index contributed by atoms with van der Waals surface area (Å²) in [7, 11) is 0. The molecule has 2 rings (SSSR count). The fourth-order valence-electron chi connectivity index (χ4n) is 2.70. The van der Waals surface area contributed by atoms with Gasteiger partial charge in [0.1, 0.15) is 0 Å². The van der Waals surface area contributed by atoms with E-state index in [4.69, 9.17) is 0 Å². The maximum atomic E-state index is 12.1. The van der Waals surface area contributed by atoms with Crippen LogP contribution in [-0.2, 0) is 17.8 Å². The second-order valence-corrected chi connectivity index (χ2v) is 6.38. The molecule has 3 heteroatoms. The molecule has 0 aromatic heterocycles. The zero-order valence-corrected chi connectivity index (χ0v) is 12.9. The Hall–Kier alpha value is -1.35. The number of hydrogen-bond donors (Lipinski definition) is 1. The van der Waals surface area contributed by atoms with Crippen molar-refractivity contribution in [2.45, 2.75) is 46.8 Å². The summed E-state index contributed by atoms with van der Waals surface area (Å²) in [5.41, 5.74) is 3.44. The van der Waals surface area contributed by atoms with Crippen molar-refractivity contribution in [1.82, 2.24) is 4.90 Å². The van der Waals surface area contributed by atoms with Gasteiger partial charge in [0.25, 0.3) is 0 Å². The molecule has 1 aliphatic rings. The van der Waals surface area contributed by atoms with Gasteiger partial charge in [-0.05, 0) is 29.0 Å². The predicted octanol–water partition coefficient (Wildman–Crippen LogP) is 2.92. The van der Waals surface area contributed by atoms with Crippen LogP contribution in [0.3, 0.4) is 0 Å².